The molecule has 0 bridgehead atoms. The predicted octanol–water partition coefficient (Wildman–Crippen LogP) is 2.56. The Labute approximate surface area is 151 Å². The fraction of sp³-hybridized carbons (Fsp3) is 0.222. The number of amides is 2. The average molecular weight is 352 g/mol. The van der Waals surface area contributed by atoms with Crippen LogP contribution < -0.4 is 15.4 Å². The van der Waals surface area contributed by atoms with Crippen LogP contribution in [0.5, 0.6) is 5.75 Å². The third-order valence-corrected chi connectivity index (χ3v) is 3.54. The van der Waals surface area contributed by atoms with Gasteiger partial charge in [0.2, 0.25) is 0 Å². The molecule has 8 heteroatoms. The molecule has 2 aromatic heterocycles. The Hall–Kier alpha value is -3.42. The van der Waals surface area contributed by atoms with Gasteiger partial charge in [0.25, 0.3) is 0 Å². The van der Waals surface area contributed by atoms with Crippen LogP contribution in [-0.2, 0) is 6.54 Å². The summed E-state index contributed by atoms with van der Waals surface area (Å²) in [7, 11) is 0. The number of urea groups is 1. The number of benzene rings is 1. The minimum Gasteiger partial charge on any atom is -0.494 e. The summed E-state index contributed by atoms with van der Waals surface area (Å²) in [6, 6.07) is 8.71. The second-order valence-electron chi connectivity index (χ2n) is 5.35. The van der Waals surface area contributed by atoms with Gasteiger partial charge in [-0.05, 0) is 37.3 Å². The highest BCUT2D eigenvalue weighted by Crippen LogP contribution is 2.15. The Morgan fingerprint density at radius 2 is 1.88 bits per heavy atom. The largest absolute Gasteiger partial charge is 0.494 e. The zero-order valence-corrected chi connectivity index (χ0v) is 14.4. The fourth-order valence-electron chi connectivity index (χ4n) is 2.38. The molecule has 2 amide bonds. The highest BCUT2D eigenvalue weighted by Gasteiger charge is 2.08. The number of imidazole rings is 1. The molecular weight excluding hydrogens is 332 g/mol. The van der Waals surface area contributed by atoms with E-state index < -0.39 is 0 Å². The molecule has 2 heterocycles. The number of aromatic nitrogens is 4. The lowest BCUT2D eigenvalue weighted by Crippen LogP contribution is -2.31. The molecule has 26 heavy (non-hydrogen) atoms. The van der Waals surface area contributed by atoms with Crippen molar-refractivity contribution in [1.82, 2.24) is 24.8 Å². The molecule has 1 aromatic carbocycles. The van der Waals surface area contributed by atoms with Crippen LogP contribution in [0.2, 0.25) is 0 Å². The van der Waals surface area contributed by atoms with Crippen molar-refractivity contribution < 1.29 is 9.53 Å². The van der Waals surface area contributed by atoms with E-state index in [4.69, 9.17) is 4.74 Å². The summed E-state index contributed by atoms with van der Waals surface area (Å²) in [5.74, 6) is 1.99. The van der Waals surface area contributed by atoms with Gasteiger partial charge in [0.15, 0.2) is 11.6 Å². The normalized spacial score (nSPS) is 10.3. The van der Waals surface area contributed by atoms with E-state index in [0.29, 0.717) is 37.0 Å². The van der Waals surface area contributed by atoms with Gasteiger partial charge in [0.1, 0.15) is 5.75 Å². The van der Waals surface area contributed by atoms with Crippen LogP contribution in [0, 0.1) is 0 Å². The van der Waals surface area contributed by atoms with E-state index in [0.717, 1.165) is 5.75 Å². The standard InChI is InChI=1S/C18H20N6O2/c1-2-26-15-6-4-14(5-7-15)23-18(25)22-11-13-24-12-10-21-17(24)16-19-8-3-9-20-16/h3-10,12H,2,11,13H2,1H3,(H2,22,23,25). The molecule has 0 unspecified atom stereocenters. The summed E-state index contributed by atoms with van der Waals surface area (Å²) in [4.78, 5) is 24.7. The molecule has 0 spiro atoms. The summed E-state index contributed by atoms with van der Waals surface area (Å²) in [6.07, 6.45) is 6.86. The fourth-order valence-corrected chi connectivity index (χ4v) is 2.38. The second kappa shape index (κ2) is 8.61. The quantitative estimate of drug-likeness (QED) is 0.681. The van der Waals surface area contributed by atoms with Crippen LogP contribution in [0.25, 0.3) is 11.6 Å². The van der Waals surface area contributed by atoms with E-state index in [1.165, 1.54) is 0 Å². The molecule has 0 aliphatic rings. The van der Waals surface area contributed by atoms with Gasteiger partial charge >= 0.3 is 6.03 Å². The number of nitrogens with one attached hydrogen (secondary N) is 2. The maximum atomic E-state index is 12.0. The van der Waals surface area contributed by atoms with Gasteiger partial charge in [-0.25, -0.2) is 19.7 Å². The summed E-state index contributed by atoms with van der Waals surface area (Å²) >= 11 is 0. The number of anilines is 1. The molecule has 0 saturated heterocycles. The lowest BCUT2D eigenvalue weighted by atomic mass is 10.3. The van der Waals surface area contributed by atoms with Gasteiger partial charge in [-0.3, -0.25) is 0 Å². The van der Waals surface area contributed by atoms with Crippen LogP contribution in [0.3, 0.4) is 0 Å². The van der Waals surface area contributed by atoms with Crippen molar-refractivity contribution >= 4 is 11.7 Å². The number of carbonyl (C=O) groups is 1. The molecule has 0 aliphatic heterocycles. The van der Waals surface area contributed by atoms with Crippen molar-refractivity contribution in [1.29, 1.82) is 0 Å². The number of hydrogen-bond acceptors (Lipinski definition) is 5. The van der Waals surface area contributed by atoms with E-state index in [2.05, 4.69) is 25.6 Å². The first kappa shape index (κ1) is 17.4. The van der Waals surface area contributed by atoms with Crippen molar-refractivity contribution in [2.45, 2.75) is 13.5 Å². The minimum atomic E-state index is -0.271. The highest BCUT2D eigenvalue weighted by atomic mass is 16.5. The van der Waals surface area contributed by atoms with Crippen molar-refractivity contribution in [3.63, 3.8) is 0 Å². The van der Waals surface area contributed by atoms with Crippen molar-refractivity contribution in [3.05, 3.63) is 55.1 Å². The molecule has 2 N–H and O–H groups in total. The third-order valence-electron chi connectivity index (χ3n) is 3.54. The Morgan fingerprint density at radius 1 is 1.12 bits per heavy atom. The first-order chi connectivity index (χ1) is 12.8. The van der Waals surface area contributed by atoms with Crippen LogP contribution in [-0.4, -0.2) is 38.7 Å². The number of nitrogens with zero attached hydrogens (tertiary/aromatic N) is 4. The van der Waals surface area contributed by atoms with Crippen LogP contribution in [0.15, 0.2) is 55.1 Å². The lowest BCUT2D eigenvalue weighted by Gasteiger charge is -2.10. The van der Waals surface area contributed by atoms with Gasteiger partial charge in [-0.15, -0.1) is 0 Å². The molecule has 134 valence electrons. The van der Waals surface area contributed by atoms with Gasteiger partial charge < -0.3 is 19.9 Å². The molecular formula is C18H20N6O2. The van der Waals surface area contributed by atoms with Gasteiger partial charge in [-0.1, -0.05) is 0 Å². The highest BCUT2D eigenvalue weighted by molar-refractivity contribution is 5.89. The first-order valence-electron chi connectivity index (χ1n) is 8.32. The van der Waals surface area contributed by atoms with Gasteiger partial charge in [0.05, 0.1) is 6.61 Å². The molecule has 0 atom stereocenters. The summed E-state index contributed by atoms with van der Waals surface area (Å²) in [5, 5.41) is 5.60. The molecule has 0 aliphatic carbocycles. The lowest BCUT2D eigenvalue weighted by molar-refractivity contribution is 0.251. The Balaban J connectivity index is 1.49. The maximum Gasteiger partial charge on any atom is 0.319 e. The van der Waals surface area contributed by atoms with Gasteiger partial charge in [0, 0.05) is 43.6 Å². The SMILES string of the molecule is CCOc1ccc(NC(=O)NCCn2ccnc2-c2ncccn2)cc1. The number of ether oxygens (including phenoxy) is 1. The summed E-state index contributed by atoms with van der Waals surface area (Å²) < 4.78 is 7.27. The van der Waals surface area contributed by atoms with E-state index in [1.807, 2.05) is 29.8 Å². The zero-order chi connectivity index (χ0) is 18.2. The number of rotatable bonds is 7. The molecule has 0 saturated carbocycles. The Morgan fingerprint density at radius 3 is 2.62 bits per heavy atom. The predicted molar refractivity (Wildman–Crippen MR) is 97.9 cm³/mol. The van der Waals surface area contributed by atoms with Crippen LogP contribution in [0.1, 0.15) is 6.92 Å². The van der Waals surface area contributed by atoms with E-state index in [-0.39, 0.29) is 6.03 Å². The number of carbonyl (C=O) groups excluding carboxylic acids is 1. The third kappa shape index (κ3) is 4.56. The Bertz CT molecular complexity index is 832. The van der Waals surface area contributed by atoms with Crippen molar-refractivity contribution in [2.75, 3.05) is 18.5 Å². The van der Waals surface area contributed by atoms with Crippen molar-refractivity contribution in [2.24, 2.45) is 0 Å². The topological polar surface area (TPSA) is 94.0 Å². The summed E-state index contributed by atoms with van der Waals surface area (Å²) in [6.45, 7) is 3.54. The van der Waals surface area contributed by atoms with Gasteiger partial charge in [-0.2, -0.15) is 0 Å². The van der Waals surface area contributed by atoms with Crippen molar-refractivity contribution in [3.8, 4) is 17.4 Å². The molecule has 3 aromatic rings. The van der Waals surface area contributed by atoms with E-state index in [9.17, 15) is 4.79 Å². The minimum absolute atomic E-state index is 0.271. The number of hydrogen-bond donors (Lipinski definition) is 2. The van der Waals surface area contributed by atoms with Crippen LogP contribution in [0.4, 0.5) is 10.5 Å². The van der Waals surface area contributed by atoms with Crippen LogP contribution >= 0.6 is 0 Å². The zero-order valence-electron chi connectivity index (χ0n) is 14.4. The Kier molecular flexibility index (Phi) is 5.76. The monoisotopic (exact) mass is 352 g/mol. The molecule has 8 nitrogen and oxygen atoms in total. The molecule has 0 fully saturated rings. The second-order valence-corrected chi connectivity index (χ2v) is 5.35. The first-order valence-corrected chi connectivity index (χ1v) is 8.32. The summed E-state index contributed by atoms with van der Waals surface area (Å²) in [5.41, 5.74) is 0.701. The van der Waals surface area contributed by atoms with E-state index in [1.54, 1.807) is 36.8 Å². The average Bonchev–Trinajstić information content (AvgIpc) is 3.13. The molecule has 0 radical (unpaired) electrons. The smallest absolute Gasteiger partial charge is 0.319 e. The molecule has 3 rings (SSSR count). The maximum absolute atomic E-state index is 12.0. The van der Waals surface area contributed by atoms with E-state index >= 15 is 0 Å².